The fourth-order valence-electron chi connectivity index (χ4n) is 3.52. The highest BCUT2D eigenvalue weighted by Crippen LogP contribution is 2.23. The Hall–Kier alpha value is -2.62. The summed E-state index contributed by atoms with van der Waals surface area (Å²) < 4.78 is 0. The summed E-state index contributed by atoms with van der Waals surface area (Å²) in [5.41, 5.74) is 3.05. The molecule has 1 heterocycles. The molecule has 0 saturated carbocycles. The molecule has 3 rings (SSSR count). The molecule has 0 radical (unpaired) electrons. The van der Waals surface area contributed by atoms with Crippen LogP contribution in [-0.4, -0.2) is 29.8 Å². The van der Waals surface area contributed by atoms with Gasteiger partial charge in [-0.25, -0.2) is 0 Å². The molecular weight excluding hydrogens is 336 g/mol. The fourth-order valence-corrected chi connectivity index (χ4v) is 3.52. The SMILES string of the molecule is Cc1ccc(C(=O)N2CCC(CCC(=O)NCc3ccccc3)CC2)cc1. The second-order valence-electron chi connectivity index (χ2n) is 7.40. The summed E-state index contributed by atoms with van der Waals surface area (Å²) in [7, 11) is 0. The van der Waals surface area contributed by atoms with Crippen molar-refractivity contribution in [2.45, 2.75) is 39.2 Å². The van der Waals surface area contributed by atoms with Crippen LogP contribution >= 0.6 is 0 Å². The minimum absolute atomic E-state index is 0.108. The Labute approximate surface area is 161 Å². The van der Waals surface area contributed by atoms with Gasteiger partial charge in [0.1, 0.15) is 0 Å². The van der Waals surface area contributed by atoms with Gasteiger partial charge in [-0.2, -0.15) is 0 Å². The third kappa shape index (κ3) is 5.68. The summed E-state index contributed by atoms with van der Waals surface area (Å²) in [5.74, 6) is 0.751. The smallest absolute Gasteiger partial charge is 0.253 e. The van der Waals surface area contributed by atoms with Crippen LogP contribution in [0.4, 0.5) is 0 Å². The summed E-state index contributed by atoms with van der Waals surface area (Å²) >= 11 is 0. The minimum Gasteiger partial charge on any atom is -0.352 e. The average molecular weight is 364 g/mol. The van der Waals surface area contributed by atoms with Crippen LogP contribution in [-0.2, 0) is 11.3 Å². The molecule has 1 fully saturated rings. The van der Waals surface area contributed by atoms with Gasteiger partial charge in [0.2, 0.25) is 5.91 Å². The number of benzene rings is 2. The van der Waals surface area contributed by atoms with E-state index in [2.05, 4.69) is 5.32 Å². The molecule has 2 amide bonds. The molecule has 0 bridgehead atoms. The lowest BCUT2D eigenvalue weighted by Gasteiger charge is -2.32. The third-order valence-corrected chi connectivity index (χ3v) is 5.31. The second kappa shape index (κ2) is 9.36. The molecule has 1 saturated heterocycles. The largest absolute Gasteiger partial charge is 0.352 e. The highest BCUT2D eigenvalue weighted by molar-refractivity contribution is 5.94. The van der Waals surface area contributed by atoms with Crippen molar-refractivity contribution in [3.05, 3.63) is 71.3 Å². The van der Waals surface area contributed by atoms with E-state index in [1.165, 1.54) is 0 Å². The summed E-state index contributed by atoms with van der Waals surface area (Å²) in [6.45, 7) is 4.17. The molecular formula is C23H28N2O2. The van der Waals surface area contributed by atoms with Crippen molar-refractivity contribution in [2.24, 2.45) is 5.92 Å². The van der Waals surface area contributed by atoms with E-state index in [0.29, 0.717) is 18.9 Å². The molecule has 0 spiro atoms. The predicted octanol–water partition coefficient (Wildman–Crippen LogP) is 3.94. The number of likely N-dealkylation sites (tertiary alicyclic amines) is 1. The first-order valence-corrected chi connectivity index (χ1v) is 9.78. The van der Waals surface area contributed by atoms with Gasteiger partial charge in [-0.05, 0) is 49.8 Å². The van der Waals surface area contributed by atoms with Crippen molar-refractivity contribution < 1.29 is 9.59 Å². The maximum Gasteiger partial charge on any atom is 0.253 e. The van der Waals surface area contributed by atoms with Gasteiger partial charge in [-0.1, -0.05) is 48.0 Å². The van der Waals surface area contributed by atoms with Gasteiger partial charge in [0.15, 0.2) is 0 Å². The van der Waals surface area contributed by atoms with Crippen molar-refractivity contribution in [2.75, 3.05) is 13.1 Å². The number of rotatable bonds is 6. The lowest BCUT2D eigenvalue weighted by Crippen LogP contribution is -2.38. The summed E-state index contributed by atoms with van der Waals surface area (Å²) in [6.07, 6.45) is 3.41. The van der Waals surface area contributed by atoms with Crippen molar-refractivity contribution in [3.63, 3.8) is 0 Å². The van der Waals surface area contributed by atoms with Gasteiger partial charge in [0, 0.05) is 31.6 Å². The van der Waals surface area contributed by atoms with Crippen LogP contribution in [0.5, 0.6) is 0 Å². The van der Waals surface area contributed by atoms with Gasteiger partial charge in [0.25, 0.3) is 5.91 Å². The Morgan fingerprint density at radius 2 is 1.67 bits per heavy atom. The van der Waals surface area contributed by atoms with Gasteiger partial charge < -0.3 is 10.2 Å². The number of carbonyl (C=O) groups excluding carboxylic acids is 2. The molecule has 142 valence electrons. The second-order valence-corrected chi connectivity index (χ2v) is 7.40. The van der Waals surface area contributed by atoms with Gasteiger partial charge >= 0.3 is 0 Å². The number of amides is 2. The quantitative estimate of drug-likeness (QED) is 0.844. The normalized spacial score (nSPS) is 14.8. The first-order valence-electron chi connectivity index (χ1n) is 9.78. The van der Waals surface area contributed by atoms with E-state index in [1.807, 2.05) is 66.4 Å². The molecule has 1 N–H and O–H groups in total. The van der Waals surface area contributed by atoms with Crippen molar-refractivity contribution in [1.29, 1.82) is 0 Å². The Morgan fingerprint density at radius 3 is 2.33 bits per heavy atom. The standard InChI is InChI=1S/C23H28N2O2/c1-18-7-10-21(11-8-18)23(27)25-15-13-19(14-16-25)9-12-22(26)24-17-20-5-3-2-4-6-20/h2-8,10-11,19H,9,12-17H2,1H3,(H,24,26). The number of aryl methyl sites for hydroxylation is 1. The summed E-state index contributed by atoms with van der Waals surface area (Å²) in [5, 5.41) is 2.99. The van der Waals surface area contributed by atoms with Crippen LogP contribution in [0.25, 0.3) is 0 Å². The third-order valence-electron chi connectivity index (χ3n) is 5.31. The Kier molecular flexibility index (Phi) is 6.64. The average Bonchev–Trinajstić information content (AvgIpc) is 2.72. The van der Waals surface area contributed by atoms with E-state index < -0.39 is 0 Å². The lowest BCUT2D eigenvalue weighted by atomic mass is 9.91. The predicted molar refractivity (Wildman–Crippen MR) is 107 cm³/mol. The number of nitrogens with one attached hydrogen (secondary N) is 1. The van der Waals surface area contributed by atoms with E-state index in [-0.39, 0.29) is 11.8 Å². The van der Waals surface area contributed by atoms with Crippen LogP contribution in [0.2, 0.25) is 0 Å². The highest BCUT2D eigenvalue weighted by Gasteiger charge is 2.23. The summed E-state index contributed by atoms with van der Waals surface area (Å²) in [4.78, 5) is 26.6. The molecule has 0 aliphatic carbocycles. The van der Waals surface area contributed by atoms with Crippen molar-refractivity contribution in [1.82, 2.24) is 10.2 Å². The molecule has 0 atom stereocenters. The molecule has 27 heavy (non-hydrogen) atoms. The molecule has 2 aromatic carbocycles. The maximum absolute atomic E-state index is 12.6. The lowest BCUT2D eigenvalue weighted by molar-refractivity contribution is -0.121. The zero-order chi connectivity index (χ0) is 19.1. The first-order chi connectivity index (χ1) is 13.1. The zero-order valence-corrected chi connectivity index (χ0v) is 16.0. The van der Waals surface area contributed by atoms with E-state index in [4.69, 9.17) is 0 Å². The zero-order valence-electron chi connectivity index (χ0n) is 16.0. The maximum atomic E-state index is 12.6. The van der Waals surface area contributed by atoms with Crippen LogP contribution < -0.4 is 5.32 Å². The van der Waals surface area contributed by atoms with Gasteiger partial charge in [0.05, 0.1) is 0 Å². The number of nitrogens with zero attached hydrogens (tertiary/aromatic N) is 1. The molecule has 2 aromatic rings. The molecule has 4 nitrogen and oxygen atoms in total. The van der Waals surface area contributed by atoms with Crippen LogP contribution in [0, 0.1) is 12.8 Å². The first kappa shape index (κ1) is 19.2. The number of carbonyl (C=O) groups is 2. The van der Waals surface area contributed by atoms with Crippen molar-refractivity contribution >= 4 is 11.8 Å². The van der Waals surface area contributed by atoms with Gasteiger partial charge in [-0.15, -0.1) is 0 Å². The number of hydrogen-bond acceptors (Lipinski definition) is 2. The van der Waals surface area contributed by atoms with Gasteiger partial charge in [-0.3, -0.25) is 9.59 Å². The van der Waals surface area contributed by atoms with E-state index >= 15 is 0 Å². The van der Waals surface area contributed by atoms with E-state index in [1.54, 1.807) is 0 Å². The van der Waals surface area contributed by atoms with Crippen LogP contribution in [0.15, 0.2) is 54.6 Å². The molecule has 0 aromatic heterocycles. The monoisotopic (exact) mass is 364 g/mol. The summed E-state index contributed by atoms with van der Waals surface area (Å²) in [6, 6.07) is 17.7. The Morgan fingerprint density at radius 1 is 1.00 bits per heavy atom. The minimum atomic E-state index is 0.108. The highest BCUT2D eigenvalue weighted by atomic mass is 16.2. The molecule has 4 heteroatoms. The number of piperidine rings is 1. The number of hydrogen-bond donors (Lipinski definition) is 1. The van der Waals surface area contributed by atoms with Crippen LogP contribution in [0.1, 0.15) is 47.2 Å². The fraction of sp³-hybridized carbons (Fsp3) is 0.391. The van der Waals surface area contributed by atoms with Crippen LogP contribution in [0.3, 0.4) is 0 Å². The molecule has 0 unspecified atom stereocenters. The topological polar surface area (TPSA) is 49.4 Å². The Bertz CT molecular complexity index is 748. The van der Waals surface area contributed by atoms with E-state index in [0.717, 1.165) is 49.0 Å². The molecule has 1 aliphatic rings. The molecule has 1 aliphatic heterocycles. The Balaban J connectivity index is 1.37. The van der Waals surface area contributed by atoms with Crippen molar-refractivity contribution in [3.8, 4) is 0 Å². The van der Waals surface area contributed by atoms with E-state index in [9.17, 15) is 9.59 Å².